The maximum atomic E-state index is 14.2. The minimum absolute atomic E-state index is 0.130. The van der Waals surface area contributed by atoms with E-state index in [-0.39, 0.29) is 25.8 Å². The summed E-state index contributed by atoms with van der Waals surface area (Å²) in [5.74, 6) is -1.24. The molecule has 2 atom stereocenters. The molecule has 5 nitrogen and oxygen atoms in total. The van der Waals surface area contributed by atoms with Gasteiger partial charge in [-0.15, -0.1) is 6.58 Å². The van der Waals surface area contributed by atoms with Crippen LogP contribution in [0.5, 0.6) is 0 Å². The van der Waals surface area contributed by atoms with E-state index in [0.29, 0.717) is 25.1 Å². The Balaban J connectivity index is 1.66. The number of aryl methyl sites for hydroxylation is 1. The molecular weight excluding hydrogens is 402 g/mol. The second kappa shape index (κ2) is 11.1. The van der Waals surface area contributed by atoms with Crippen molar-refractivity contribution in [3.63, 3.8) is 0 Å². The van der Waals surface area contributed by atoms with Crippen molar-refractivity contribution in [3.05, 3.63) is 83.4 Å². The van der Waals surface area contributed by atoms with E-state index < -0.39 is 17.7 Å². The molecule has 1 heterocycles. The Hall–Kier alpha value is -2.61. The largest absolute Gasteiger partial charge is 0.390 e. The van der Waals surface area contributed by atoms with Crippen molar-refractivity contribution in [1.82, 2.24) is 4.90 Å². The van der Waals surface area contributed by atoms with Crippen LogP contribution in [0, 0.1) is 18.6 Å². The summed E-state index contributed by atoms with van der Waals surface area (Å²) in [5.41, 5.74) is 3.37. The third-order valence-electron chi connectivity index (χ3n) is 5.07. The number of ether oxygens (including phenoxy) is 1. The molecular formula is C24H28F2N2O3. The zero-order valence-corrected chi connectivity index (χ0v) is 17.6. The number of aliphatic hydroxyl groups excluding tert-OH is 1. The van der Waals surface area contributed by atoms with Crippen LogP contribution < -0.4 is 0 Å². The molecule has 2 aromatic rings. The first kappa shape index (κ1) is 23.1. The molecule has 0 saturated carbocycles. The number of nitrogens with zero attached hydrogens (tertiary/aromatic N) is 2. The summed E-state index contributed by atoms with van der Waals surface area (Å²) >= 11 is 0. The molecule has 0 amide bonds. The van der Waals surface area contributed by atoms with Crippen molar-refractivity contribution in [1.29, 1.82) is 0 Å². The van der Waals surface area contributed by atoms with Gasteiger partial charge in [0.15, 0.2) is 0 Å². The average Bonchev–Trinajstić information content (AvgIpc) is 3.18. The molecule has 31 heavy (non-hydrogen) atoms. The molecule has 166 valence electrons. The molecule has 1 aliphatic heterocycles. The van der Waals surface area contributed by atoms with Crippen LogP contribution in [0.2, 0.25) is 0 Å². The minimum Gasteiger partial charge on any atom is -0.390 e. The Labute approximate surface area is 181 Å². The predicted molar refractivity (Wildman–Crippen MR) is 116 cm³/mol. The van der Waals surface area contributed by atoms with Crippen molar-refractivity contribution in [2.24, 2.45) is 5.16 Å². The summed E-state index contributed by atoms with van der Waals surface area (Å²) in [6.07, 6.45) is 1.20. The normalized spacial score (nSPS) is 16.8. The van der Waals surface area contributed by atoms with Gasteiger partial charge in [0, 0.05) is 43.2 Å². The van der Waals surface area contributed by atoms with Gasteiger partial charge in [0.05, 0.1) is 25.0 Å². The summed E-state index contributed by atoms with van der Waals surface area (Å²) in [6.45, 7) is 6.93. The molecule has 1 N–H and O–H groups in total. The van der Waals surface area contributed by atoms with Gasteiger partial charge in [-0.05, 0) is 18.6 Å². The molecule has 0 spiro atoms. The molecule has 7 heteroatoms. The lowest BCUT2D eigenvalue weighted by Crippen LogP contribution is -2.39. The van der Waals surface area contributed by atoms with Crippen LogP contribution in [0.4, 0.5) is 8.78 Å². The van der Waals surface area contributed by atoms with Crippen molar-refractivity contribution in [3.8, 4) is 0 Å². The number of aliphatic hydroxyl groups is 1. The number of rotatable bonds is 11. The molecule has 0 saturated heterocycles. The van der Waals surface area contributed by atoms with Gasteiger partial charge < -0.3 is 14.7 Å². The highest BCUT2D eigenvalue weighted by Gasteiger charge is 2.26. The minimum atomic E-state index is -0.776. The first-order valence-electron chi connectivity index (χ1n) is 10.3. The summed E-state index contributed by atoms with van der Waals surface area (Å²) in [6, 6.07) is 11.5. The highest BCUT2D eigenvalue weighted by Crippen LogP contribution is 2.21. The Morgan fingerprint density at radius 3 is 2.87 bits per heavy atom. The third kappa shape index (κ3) is 6.69. The van der Waals surface area contributed by atoms with Crippen molar-refractivity contribution >= 4 is 5.71 Å². The molecule has 0 fully saturated rings. The number of hydrogen-bond donors (Lipinski definition) is 1. The first-order valence-corrected chi connectivity index (χ1v) is 10.3. The monoisotopic (exact) mass is 430 g/mol. The fourth-order valence-electron chi connectivity index (χ4n) is 3.60. The SMILES string of the molecule is C=CCOC[C@H](O)CN(Cc1ccc(F)cc1F)C[C@H]1CC(c2ccccc2C)=NO1. The van der Waals surface area contributed by atoms with Crippen LogP contribution in [0.1, 0.15) is 23.1 Å². The first-order chi connectivity index (χ1) is 15.0. The molecule has 0 radical (unpaired) electrons. The Bertz CT molecular complexity index is 919. The van der Waals surface area contributed by atoms with Crippen LogP contribution in [0.15, 0.2) is 60.3 Å². The molecule has 0 unspecified atom stereocenters. The number of oxime groups is 1. The fourth-order valence-corrected chi connectivity index (χ4v) is 3.60. The Kier molecular flexibility index (Phi) is 8.28. The standard InChI is InChI=1S/C24H28F2N2O3/c1-3-10-30-16-20(29)14-28(13-18-8-9-19(25)11-23(18)26)15-21-12-24(27-31-21)22-7-5-4-6-17(22)2/h3-9,11,20-21,29H,1,10,12-16H2,2H3/t20-,21-/m1/s1. The smallest absolute Gasteiger partial charge is 0.145 e. The molecule has 2 aromatic carbocycles. The zero-order valence-electron chi connectivity index (χ0n) is 17.6. The summed E-state index contributed by atoms with van der Waals surface area (Å²) in [7, 11) is 0. The summed E-state index contributed by atoms with van der Waals surface area (Å²) in [4.78, 5) is 7.51. The van der Waals surface area contributed by atoms with E-state index in [9.17, 15) is 13.9 Å². The predicted octanol–water partition coefficient (Wildman–Crippen LogP) is 3.83. The molecule has 1 aliphatic rings. The molecule has 0 bridgehead atoms. The van der Waals surface area contributed by atoms with Gasteiger partial charge in [-0.1, -0.05) is 41.6 Å². The highest BCUT2D eigenvalue weighted by molar-refractivity contribution is 6.02. The Morgan fingerprint density at radius 2 is 2.13 bits per heavy atom. The lowest BCUT2D eigenvalue weighted by atomic mass is 10.00. The van der Waals surface area contributed by atoms with E-state index in [1.807, 2.05) is 36.1 Å². The van der Waals surface area contributed by atoms with E-state index >= 15 is 0 Å². The second-order valence-electron chi connectivity index (χ2n) is 7.69. The van der Waals surface area contributed by atoms with E-state index in [2.05, 4.69) is 11.7 Å². The average molecular weight is 430 g/mol. The second-order valence-corrected chi connectivity index (χ2v) is 7.69. The number of halogens is 2. The number of hydrogen-bond acceptors (Lipinski definition) is 5. The van der Waals surface area contributed by atoms with Gasteiger partial charge in [-0.2, -0.15) is 0 Å². The topological polar surface area (TPSA) is 54.3 Å². The maximum absolute atomic E-state index is 14.2. The van der Waals surface area contributed by atoms with Crippen molar-refractivity contribution in [2.45, 2.75) is 32.1 Å². The molecule has 0 aromatic heterocycles. The van der Waals surface area contributed by atoms with Gasteiger partial charge in [-0.3, -0.25) is 4.90 Å². The van der Waals surface area contributed by atoms with Crippen molar-refractivity contribution in [2.75, 3.05) is 26.3 Å². The van der Waals surface area contributed by atoms with E-state index in [1.54, 1.807) is 6.08 Å². The van der Waals surface area contributed by atoms with Crippen LogP contribution >= 0.6 is 0 Å². The quantitative estimate of drug-likeness (QED) is 0.435. The Morgan fingerprint density at radius 1 is 1.32 bits per heavy atom. The van der Waals surface area contributed by atoms with E-state index in [1.165, 1.54) is 12.1 Å². The van der Waals surface area contributed by atoms with Gasteiger partial charge in [0.2, 0.25) is 0 Å². The van der Waals surface area contributed by atoms with Crippen LogP contribution in [0.3, 0.4) is 0 Å². The van der Waals surface area contributed by atoms with Gasteiger partial charge >= 0.3 is 0 Å². The van der Waals surface area contributed by atoms with E-state index in [4.69, 9.17) is 9.57 Å². The zero-order chi connectivity index (χ0) is 22.2. The lowest BCUT2D eigenvalue weighted by Gasteiger charge is -2.27. The third-order valence-corrected chi connectivity index (χ3v) is 5.07. The highest BCUT2D eigenvalue weighted by atomic mass is 19.1. The molecule has 3 rings (SSSR count). The summed E-state index contributed by atoms with van der Waals surface area (Å²) in [5, 5.41) is 14.6. The van der Waals surface area contributed by atoms with Gasteiger partial charge in [-0.25, -0.2) is 8.78 Å². The van der Waals surface area contributed by atoms with E-state index in [0.717, 1.165) is 22.9 Å². The lowest BCUT2D eigenvalue weighted by molar-refractivity contribution is 0.00309. The van der Waals surface area contributed by atoms with Gasteiger partial charge in [0.25, 0.3) is 0 Å². The summed E-state index contributed by atoms with van der Waals surface area (Å²) < 4.78 is 32.8. The molecule has 0 aliphatic carbocycles. The van der Waals surface area contributed by atoms with Crippen LogP contribution in [-0.4, -0.2) is 54.2 Å². The van der Waals surface area contributed by atoms with Crippen molar-refractivity contribution < 1.29 is 23.5 Å². The van der Waals surface area contributed by atoms with Crippen LogP contribution in [0.25, 0.3) is 0 Å². The fraction of sp³-hybridized carbons (Fsp3) is 0.375. The maximum Gasteiger partial charge on any atom is 0.145 e. The number of benzene rings is 2. The van der Waals surface area contributed by atoms with Gasteiger partial charge in [0.1, 0.15) is 17.7 Å². The van der Waals surface area contributed by atoms with Crippen LogP contribution in [-0.2, 0) is 16.1 Å².